The molecule has 10 unspecified atom stereocenters. The van der Waals surface area contributed by atoms with E-state index in [0.29, 0.717) is 22.2 Å². The molecule has 2 fully saturated rings. The highest BCUT2D eigenvalue weighted by molar-refractivity contribution is 7.00. The Kier molecular flexibility index (Phi) is 7.97. The van der Waals surface area contributed by atoms with E-state index in [4.69, 9.17) is 9.47 Å². The molecule has 3 heterocycles. The van der Waals surface area contributed by atoms with Crippen molar-refractivity contribution in [3.8, 4) is 23.7 Å². The van der Waals surface area contributed by atoms with Crippen molar-refractivity contribution in [2.75, 3.05) is 13.2 Å². The molecular weight excluding hydrogens is 484 g/mol. The molecule has 0 radical (unpaired) electrons. The number of benzene rings is 1. The molecule has 0 spiro atoms. The zero-order valence-electron chi connectivity index (χ0n) is 18.0. The highest BCUT2D eigenvalue weighted by atomic mass is 32.1. The van der Waals surface area contributed by atoms with Crippen LogP contribution in [0, 0.1) is 23.7 Å². The van der Waals surface area contributed by atoms with Crippen molar-refractivity contribution in [3.05, 3.63) is 23.3 Å². The van der Waals surface area contributed by atoms with E-state index in [1.165, 1.54) is 0 Å². The standard InChI is InChI=1S/C22H24N2O10S/c25-7-13-19(29)21(31)17(27)11(33-13)5-3-9-1-2-10(16-15(9)23-35-24-16)4-6-12-18(28)22(32)20(30)14(8-26)34-12/h1-2,11-14,17-22,25-32H,7-8H2. The molecule has 0 bridgehead atoms. The summed E-state index contributed by atoms with van der Waals surface area (Å²) in [5, 5.41) is 78.6. The van der Waals surface area contributed by atoms with Crippen molar-refractivity contribution in [2.45, 2.75) is 61.0 Å². The smallest absolute Gasteiger partial charge is 0.147 e. The average molecular weight is 509 g/mol. The quantitative estimate of drug-likeness (QED) is 0.183. The molecule has 0 saturated carbocycles. The first-order chi connectivity index (χ1) is 16.8. The van der Waals surface area contributed by atoms with Gasteiger partial charge in [-0.1, -0.05) is 23.7 Å². The lowest BCUT2D eigenvalue weighted by molar-refractivity contribution is -0.214. The number of hydrogen-bond acceptors (Lipinski definition) is 13. The lowest BCUT2D eigenvalue weighted by Crippen LogP contribution is -2.58. The van der Waals surface area contributed by atoms with Gasteiger partial charge in [-0.15, -0.1) is 0 Å². The number of aliphatic hydroxyl groups excluding tert-OH is 8. The van der Waals surface area contributed by atoms with Crippen LogP contribution in [0.2, 0.25) is 0 Å². The summed E-state index contributed by atoms with van der Waals surface area (Å²) in [5.41, 5.74) is 1.63. The van der Waals surface area contributed by atoms with E-state index >= 15 is 0 Å². The van der Waals surface area contributed by atoms with Crippen molar-refractivity contribution in [2.24, 2.45) is 0 Å². The van der Waals surface area contributed by atoms with Gasteiger partial charge in [0, 0.05) is 0 Å². The van der Waals surface area contributed by atoms with Gasteiger partial charge in [-0.05, 0) is 12.1 Å². The van der Waals surface area contributed by atoms with Crippen molar-refractivity contribution < 1.29 is 50.3 Å². The van der Waals surface area contributed by atoms with Gasteiger partial charge in [0.2, 0.25) is 0 Å². The fourth-order valence-electron chi connectivity index (χ4n) is 3.81. The minimum Gasteiger partial charge on any atom is -0.394 e. The first-order valence-electron chi connectivity index (χ1n) is 10.7. The third-order valence-electron chi connectivity index (χ3n) is 5.90. The minimum atomic E-state index is -1.54. The van der Waals surface area contributed by atoms with E-state index < -0.39 is 74.3 Å². The first kappa shape index (κ1) is 25.8. The Balaban J connectivity index is 1.59. The van der Waals surface area contributed by atoms with E-state index in [2.05, 4.69) is 32.4 Å². The Hall–Kier alpha value is -2.24. The zero-order chi connectivity index (χ0) is 25.3. The number of hydrogen-bond donors (Lipinski definition) is 8. The van der Waals surface area contributed by atoms with Crippen molar-refractivity contribution in [1.82, 2.24) is 8.75 Å². The van der Waals surface area contributed by atoms with Crippen LogP contribution in [-0.4, -0.2) is 124 Å². The van der Waals surface area contributed by atoms with Gasteiger partial charge in [-0.2, -0.15) is 8.75 Å². The lowest BCUT2D eigenvalue weighted by atomic mass is 9.95. The maximum atomic E-state index is 10.2. The molecule has 2 aliphatic rings. The Bertz CT molecular complexity index is 1080. The minimum absolute atomic E-state index is 0.396. The van der Waals surface area contributed by atoms with Gasteiger partial charge in [0.15, 0.2) is 0 Å². The summed E-state index contributed by atoms with van der Waals surface area (Å²) in [5.74, 6) is 11.0. The van der Waals surface area contributed by atoms with Crippen LogP contribution in [0.5, 0.6) is 0 Å². The largest absolute Gasteiger partial charge is 0.394 e. The third-order valence-corrected chi connectivity index (χ3v) is 6.43. The summed E-state index contributed by atoms with van der Waals surface area (Å²) in [6, 6.07) is 3.19. The average Bonchev–Trinajstić information content (AvgIpc) is 3.36. The molecule has 1 aromatic carbocycles. The predicted octanol–water partition coefficient (Wildman–Crippen LogP) is -3.92. The molecule has 2 aromatic rings. The molecular formula is C22H24N2O10S. The van der Waals surface area contributed by atoms with Crippen LogP contribution < -0.4 is 0 Å². The molecule has 35 heavy (non-hydrogen) atoms. The monoisotopic (exact) mass is 508 g/mol. The topological polar surface area (TPSA) is 206 Å². The molecule has 10 atom stereocenters. The zero-order valence-corrected chi connectivity index (χ0v) is 18.9. The van der Waals surface area contributed by atoms with Crippen LogP contribution in [0.25, 0.3) is 11.0 Å². The van der Waals surface area contributed by atoms with Gasteiger partial charge in [0.1, 0.15) is 72.1 Å². The van der Waals surface area contributed by atoms with E-state index in [-0.39, 0.29) is 0 Å². The Morgan fingerprint density at radius 2 is 1.06 bits per heavy atom. The molecule has 8 N–H and O–H groups in total. The SMILES string of the molecule is OCC1OC(C#Cc2ccc(C#CC3OC(CO)C(O)C(O)C3O)c3nsnc23)C(O)C(O)C1O. The van der Waals surface area contributed by atoms with E-state index in [1.54, 1.807) is 12.1 Å². The highest BCUT2D eigenvalue weighted by Crippen LogP contribution is 2.24. The normalized spacial score (nSPS) is 37.3. The second kappa shape index (κ2) is 10.8. The first-order valence-corrected chi connectivity index (χ1v) is 11.4. The molecule has 2 saturated heterocycles. The van der Waals surface area contributed by atoms with Crippen molar-refractivity contribution in [1.29, 1.82) is 0 Å². The summed E-state index contributed by atoms with van der Waals surface area (Å²) < 4.78 is 19.2. The van der Waals surface area contributed by atoms with Crippen molar-refractivity contribution in [3.63, 3.8) is 0 Å². The second-order valence-corrected chi connectivity index (χ2v) is 8.69. The highest BCUT2D eigenvalue weighted by Gasteiger charge is 2.43. The molecule has 188 valence electrons. The van der Waals surface area contributed by atoms with Crippen LogP contribution in [0.1, 0.15) is 11.1 Å². The van der Waals surface area contributed by atoms with Crippen LogP contribution in [0.3, 0.4) is 0 Å². The summed E-state index contributed by atoms with van der Waals surface area (Å²) in [4.78, 5) is 0. The van der Waals surface area contributed by atoms with Gasteiger partial charge in [-0.3, -0.25) is 0 Å². The maximum Gasteiger partial charge on any atom is 0.147 e. The fourth-order valence-corrected chi connectivity index (χ4v) is 4.38. The molecule has 1 aromatic heterocycles. The fraction of sp³-hybridized carbons (Fsp3) is 0.545. The second-order valence-electron chi connectivity index (χ2n) is 8.16. The van der Waals surface area contributed by atoms with Crippen LogP contribution >= 0.6 is 11.7 Å². The van der Waals surface area contributed by atoms with Gasteiger partial charge in [-0.25, -0.2) is 0 Å². The number of aliphatic hydroxyl groups is 8. The van der Waals surface area contributed by atoms with Gasteiger partial charge in [0.05, 0.1) is 36.1 Å². The van der Waals surface area contributed by atoms with Gasteiger partial charge < -0.3 is 50.3 Å². The number of ether oxygens (including phenoxy) is 2. The Morgan fingerprint density at radius 1 is 0.657 bits per heavy atom. The Labute approximate surface area is 203 Å². The molecule has 0 aliphatic carbocycles. The summed E-state index contributed by atoms with van der Waals surface area (Å²) in [7, 11) is 0. The molecule has 12 nitrogen and oxygen atoms in total. The summed E-state index contributed by atoms with van der Waals surface area (Å²) in [6.45, 7) is -1.13. The Morgan fingerprint density at radius 3 is 1.43 bits per heavy atom. The van der Waals surface area contributed by atoms with E-state index in [0.717, 1.165) is 11.7 Å². The summed E-state index contributed by atoms with van der Waals surface area (Å²) in [6.07, 6.45) is -13.5. The summed E-state index contributed by atoms with van der Waals surface area (Å²) >= 11 is 0.906. The number of nitrogens with zero attached hydrogens (tertiary/aromatic N) is 2. The number of rotatable bonds is 2. The van der Waals surface area contributed by atoms with Crippen LogP contribution in [0.15, 0.2) is 12.1 Å². The predicted molar refractivity (Wildman–Crippen MR) is 119 cm³/mol. The van der Waals surface area contributed by atoms with Crippen molar-refractivity contribution >= 4 is 22.8 Å². The van der Waals surface area contributed by atoms with E-state index in [1.807, 2.05) is 0 Å². The molecule has 13 heteroatoms. The molecule has 4 rings (SSSR count). The third kappa shape index (κ3) is 5.03. The maximum absolute atomic E-state index is 10.2. The van der Waals surface area contributed by atoms with Crippen LogP contribution in [-0.2, 0) is 9.47 Å². The molecule has 0 amide bonds. The van der Waals surface area contributed by atoms with Gasteiger partial charge >= 0.3 is 0 Å². The van der Waals surface area contributed by atoms with E-state index in [9.17, 15) is 40.9 Å². The number of fused-ring (bicyclic) bond motifs is 1. The van der Waals surface area contributed by atoms with Crippen LogP contribution in [0.4, 0.5) is 0 Å². The lowest BCUT2D eigenvalue weighted by Gasteiger charge is -2.37. The number of aromatic nitrogens is 2. The van der Waals surface area contributed by atoms with Gasteiger partial charge in [0.25, 0.3) is 0 Å². The molecule has 2 aliphatic heterocycles.